The molecule has 5 heteroatoms. The van der Waals surface area contributed by atoms with Crippen molar-refractivity contribution in [1.29, 1.82) is 0 Å². The number of thioether (sulfide) groups is 1. The molecule has 0 aliphatic carbocycles. The molecule has 0 saturated carbocycles. The van der Waals surface area contributed by atoms with Crippen LogP contribution in [-0.4, -0.2) is 25.5 Å². The summed E-state index contributed by atoms with van der Waals surface area (Å²) in [5.41, 5.74) is 0.977. The van der Waals surface area contributed by atoms with Gasteiger partial charge in [0.1, 0.15) is 12.4 Å². The third kappa shape index (κ3) is 5.69. The molecule has 1 amide bonds. The van der Waals surface area contributed by atoms with Crippen molar-refractivity contribution in [2.45, 2.75) is 11.5 Å². The Morgan fingerprint density at radius 3 is 2.50 bits per heavy atom. The fourth-order valence-electron chi connectivity index (χ4n) is 1.77. The molecule has 0 radical (unpaired) electrons. The summed E-state index contributed by atoms with van der Waals surface area (Å²) in [6, 6.07) is 17.5. The van der Waals surface area contributed by atoms with E-state index in [1.165, 1.54) is 0 Å². The fourth-order valence-corrected chi connectivity index (χ4v) is 2.54. The van der Waals surface area contributed by atoms with E-state index in [4.69, 9.17) is 9.47 Å². The molecule has 1 N–H and O–H groups in total. The van der Waals surface area contributed by atoms with E-state index in [-0.39, 0.29) is 12.7 Å². The Kier molecular flexibility index (Phi) is 6.64. The molecule has 0 fully saturated rings. The largest absolute Gasteiger partial charge is 0.497 e. The molecule has 0 heterocycles. The molecule has 22 heavy (non-hydrogen) atoms. The number of ether oxygens (including phenoxy) is 2. The number of carbonyl (C=O) groups excluding carboxylic acids is 1. The van der Waals surface area contributed by atoms with Crippen molar-refractivity contribution < 1.29 is 14.3 Å². The summed E-state index contributed by atoms with van der Waals surface area (Å²) in [7, 11) is 1.65. The smallest absolute Gasteiger partial charge is 0.407 e. The molecule has 0 saturated heterocycles. The van der Waals surface area contributed by atoms with Crippen molar-refractivity contribution in [1.82, 2.24) is 5.32 Å². The summed E-state index contributed by atoms with van der Waals surface area (Å²) in [5, 5.41) is 2.74. The first-order valence-corrected chi connectivity index (χ1v) is 7.98. The van der Waals surface area contributed by atoms with Gasteiger partial charge in [0, 0.05) is 17.2 Å². The van der Waals surface area contributed by atoms with Crippen LogP contribution in [0, 0.1) is 0 Å². The SMILES string of the molecule is COc1ccc(SCCNC(=O)OCc2ccccc2)cc1. The van der Waals surface area contributed by atoms with Gasteiger partial charge >= 0.3 is 6.09 Å². The van der Waals surface area contributed by atoms with Gasteiger partial charge in [0.05, 0.1) is 7.11 Å². The van der Waals surface area contributed by atoms with Crippen LogP contribution in [0.1, 0.15) is 5.56 Å². The van der Waals surface area contributed by atoms with Crippen LogP contribution in [0.25, 0.3) is 0 Å². The minimum Gasteiger partial charge on any atom is -0.497 e. The fraction of sp³-hybridized carbons (Fsp3) is 0.235. The summed E-state index contributed by atoms with van der Waals surface area (Å²) in [5.74, 6) is 1.62. The molecule has 0 aliphatic heterocycles. The Morgan fingerprint density at radius 2 is 1.82 bits per heavy atom. The zero-order chi connectivity index (χ0) is 15.6. The molecular weight excluding hydrogens is 298 g/mol. The van der Waals surface area contributed by atoms with Gasteiger partial charge in [-0.25, -0.2) is 4.79 Å². The van der Waals surface area contributed by atoms with Gasteiger partial charge in [0.2, 0.25) is 0 Å². The predicted molar refractivity (Wildman–Crippen MR) is 88.3 cm³/mol. The number of benzene rings is 2. The summed E-state index contributed by atoms with van der Waals surface area (Å²) in [6.07, 6.45) is -0.390. The van der Waals surface area contributed by atoms with Gasteiger partial charge in [-0.05, 0) is 29.8 Å². The van der Waals surface area contributed by atoms with Crippen LogP contribution >= 0.6 is 11.8 Å². The molecule has 116 valence electrons. The molecule has 0 bridgehead atoms. The summed E-state index contributed by atoms with van der Waals surface area (Å²) in [6.45, 7) is 0.850. The lowest BCUT2D eigenvalue weighted by atomic mass is 10.2. The third-order valence-corrected chi connectivity index (χ3v) is 3.93. The van der Waals surface area contributed by atoms with E-state index in [9.17, 15) is 4.79 Å². The van der Waals surface area contributed by atoms with Crippen LogP contribution in [0.15, 0.2) is 59.5 Å². The highest BCUT2D eigenvalue weighted by atomic mass is 32.2. The van der Waals surface area contributed by atoms with E-state index in [2.05, 4.69) is 5.32 Å². The van der Waals surface area contributed by atoms with E-state index < -0.39 is 0 Å². The lowest BCUT2D eigenvalue weighted by molar-refractivity contribution is 0.140. The standard InChI is InChI=1S/C17H19NO3S/c1-20-15-7-9-16(10-8-15)22-12-11-18-17(19)21-13-14-5-3-2-4-6-14/h2-10H,11-13H2,1H3,(H,18,19). The first-order chi connectivity index (χ1) is 10.8. The van der Waals surface area contributed by atoms with Gasteiger partial charge in [-0.15, -0.1) is 11.8 Å². The molecule has 0 aromatic heterocycles. The zero-order valence-corrected chi connectivity index (χ0v) is 13.3. The number of nitrogens with one attached hydrogen (secondary N) is 1. The first-order valence-electron chi connectivity index (χ1n) is 6.99. The van der Waals surface area contributed by atoms with Crippen molar-refractivity contribution in [3.05, 3.63) is 60.2 Å². The van der Waals surface area contributed by atoms with Crippen LogP contribution in [0.5, 0.6) is 5.75 Å². The Bertz CT molecular complexity index is 572. The van der Waals surface area contributed by atoms with Gasteiger partial charge in [-0.2, -0.15) is 0 Å². The summed E-state index contributed by atoms with van der Waals surface area (Å²) in [4.78, 5) is 12.7. The molecule has 2 aromatic rings. The van der Waals surface area contributed by atoms with Crippen LogP contribution in [0.3, 0.4) is 0 Å². The van der Waals surface area contributed by atoms with Crippen molar-refractivity contribution >= 4 is 17.9 Å². The summed E-state index contributed by atoms with van der Waals surface area (Å²) >= 11 is 1.67. The molecule has 2 rings (SSSR count). The van der Waals surface area contributed by atoms with E-state index in [1.807, 2.05) is 54.6 Å². The number of methoxy groups -OCH3 is 1. The highest BCUT2D eigenvalue weighted by Gasteiger charge is 2.02. The maximum Gasteiger partial charge on any atom is 0.407 e. The third-order valence-electron chi connectivity index (χ3n) is 2.91. The van der Waals surface area contributed by atoms with E-state index in [0.717, 1.165) is 22.0 Å². The average molecular weight is 317 g/mol. The lowest BCUT2D eigenvalue weighted by Crippen LogP contribution is -2.26. The minimum atomic E-state index is -0.390. The van der Waals surface area contributed by atoms with Crippen LogP contribution in [0.4, 0.5) is 4.79 Å². The number of carbonyl (C=O) groups is 1. The van der Waals surface area contributed by atoms with Gasteiger partial charge in [-0.3, -0.25) is 0 Å². The Morgan fingerprint density at radius 1 is 1.09 bits per heavy atom. The summed E-state index contributed by atoms with van der Waals surface area (Å²) < 4.78 is 10.2. The predicted octanol–water partition coefficient (Wildman–Crippen LogP) is 3.71. The quantitative estimate of drug-likeness (QED) is 0.624. The van der Waals surface area contributed by atoms with Gasteiger partial charge in [0.25, 0.3) is 0 Å². The van der Waals surface area contributed by atoms with Crippen LogP contribution in [0.2, 0.25) is 0 Å². The second-order valence-electron chi connectivity index (χ2n) is 4.51. The topological polar surface area (TPSA) is 47.6 Å². The highest BCUT2D eigenvalue weighted by molar-refractivity contribution is 7.99. The van der Waals surface area contributed by atoms with Gasteiger partial charge < -0.3 is 14.8 Å². The Balaban J connectivity index is 1.60. The maximum atomic E-state index is 11.6. The molecular formula is C17H19NO3S. The van der Waals surface area contributed by atoms with Crippen molar-refractivity contribution in [3.8, 4) is 5.75 Å². The number of alkyl carbamates (subject to hydrolysis) is 1. The van der Waals surface area contributed by atoms with E-state index in [1.54, 1.807) is 18.9 Å². The Hall–Kier alpha value is -2.14. The van der Waals surface area contributed by atoms with Crippen molar-refractivity contribution in [2.75, 3.05) is 19.4 Å². The maximum absolute atomic E-state index is 11.6. The Labute approximate surface area is 134 Å². The number of hydrogen-bond donors (Lipinski definition) is 1. The molecule has 2 aromatic carbocycles. The molecule has 4 nitrogen and oxygen atoms in total. The van der Waals surface area contributed by atoms with Crippen molar-refractivity contribution in [2.24, 2.45) is 0 Å². The number of rotatable bonds is 7. The van der Waals surface area contributed by atoms with Gasteiger partial charge in [-0.1, -0.05) is 30.3 Å². The molecule has 0 aliphatic rings. The van der Waals surface area contributed by atoms with E-state index in [0.29, 0.717) is 6.54 Å². The zero-order valence-electron chi connectivity index (χ0n) is 12.5. The lowest BCUT2D eigenvalue weighted by Gasteiger charge is -2.07. The monoisotopic (exact) mass is 317 g/mol. The van der Waals surface area contributed by atoms with E-state index >= 15 is 0 Å². The minimum absolute atomic E-state index is 0.290. The molecule has 0 atom stereocenters. The first kappa shape index (κ1) is 16.2. The number of amides is 1. The molecule has 0 unspecified atom stereocenters. The average Bonchev–Trinajstić information content (AvgIpc) is 2.58. The normalized spacial score (nSPS) is 10.0. The number of hydrogen-bond acceptors (Lipinski definition) is 4. The van der Waals surface area contributed by atoms with Gasteiger partial charge in [0.15, 0.2) is 0 Å². The second kappa shape index (κ2) is 9.00. The highest BCUT2D eigenvalue weighted by Crippen LogP contribution is 2.20. The van der Waals surface area contributed by atoms with Crippen molar-refractivity contribution in [3.63, 3.8) is 0 Å². The second-order valence-corrected chi connectivity index (χ2v) is 5.68. The molecule has 0 spiro atoms. The van der Waals surface area contributed by atoms with Crippen LogP contribution in [-0.2, 0) is 11.3 Å². The van der Waals surface area contributed by atoms with Crippen LogP contribution < -0.4 is 10.1 Å².